The van der Waals surface area contributed by atoms with Crippen LogP contribution in [-0.4, -0.2) is 21.6 Å². The normalized spacial score (nSPS) is 10.9. The molecule has 1 N–H and O–H groups in total. The molecule has 0 amide bonds. The number of nitrogens with zero attached hydrogens (tertiary/aromatic N) is 1. The highest BCUT2D eigenvalue weighted by molar-refractivity contribution is 6.11. The Balaban J connectivity index is 2.20. The summed E-state index contributed by atoms with van der Waals surface area (Å²) in [5.41, 5.74) is 2.94. The lowest BCUT2D eigenvalue weighted by atomic mass is 10.1. The average molecular weight is 307 g/mol. The van der Waals surface area contributed by atoms with Crippen LogP contribution in [0.5, 0.6) is 0 Å². The molecule has 0 fully saturated rings. The van der Waals surface area contributed by atoms with Crippen molar-refractivity contribution in [3.63, 3.8) is 0 Å². The van der Waals surface area contributed by atoms with Crippen LogP contribution in [0.1, 0.15) is 38.9 Å². The van der Waals surface area contributed by atoms with Crippen molar-refractivity contribution in [2.24, 2.45) is 0 Å². The van der Waals surface area contributed by atoms with Gasteiger partial charge in [0.1, 0.15) is 0 Å². The number of fused-ring (bicyclic) bond motifs is 1. The largest absolute Gasteiger partial charge is 0.478 e. The zero-order chi connectivity index (χ0) is 16.6. The van der Waals surface area contributed by atoms with Gasteiger partial charge in [0.05, 0.1) is 11.1 Å². The first kappa shape index (κ1) is 15.0. The molecule has 0 spiro atoms. The summed E-state index contributed by atoms with van der Waals surface area (Å²) < 4.78 is 1.49. The molecule has 0 aliphatic rings. The highest BCUT2D eigenvalue weighted by atomic mass is 16.4. The van der Waals surface area contributed by atoms with Gasteiger partial charge in [0.2, 0.25) is 0 Å². The first-order valence-electron chi connectivity index (χ1n) is 7.51. The van der Waals surface area contributed by atoms with E-state index in [0.29, 0.717) is 22.2 Å². The molecule has 3 aromatic rings. The molecule has 1 heterocycles. The van der Waals surface area contributed by atoms with Gasteiger partial charge in [0, 0.05) is 16.6 Å². The van der Waals surface area contributed by atoms with Crippen LogP contribution in [0.25, 0.3) is 10.9 Å². The minimum atomic E-state index is -1.02. The van der Waals surface area contributed by atoms with Crippen molar-refractivity contribution in [3.05, 3.63) is 70.9 Å². The molecule has 116 valence electrons. The highest BCUT2D eigenvalue weighted by Crippen LogP contribution is 2.26. The van der Waals surface area contributed by atoms with E-state index in [1.807, 2.05) is 12.1 Å². The number of carboxylic acid groups (broad SMARTS) is 1. The molecule has 0 saturated carbocycles. The average Bonchev–Trinajstić information content (AvgIpc) is 2.86. The maximum atomic E-state index is 12.9. The van der Waals surface area contributed by atoms with Crippen molar-refractivity contribution in [3.8, 4) is 0 Å². The van der Waals surface area contributed by atoms with Gasteiger partial charge in [-0.2, -0.15) is 0 Å². The SMILES string of the molecule is CCc1ccc(C(=O)n2c(C)c(C(=O)O)c3ccccc32)cc1. The molecule has 23 heavy (non-hydrogen) atoms. The topological polar surface area (TPSA) is 59.3 Å². The molecular formula is C19H17NO3. The Kier molecular flexibility index (Phi) is 3.74. The zero-order valence-electron chi connectivity index (χ0n) is 13.0. The highest BCUT2D eigenvalue weighted by Gasteiger charge is 2.23. The Bertz CT molecular complexity index is 904. The van der Waals surface area contributed by atoms with Gasteiger partial charge in [0.25, 0.3) is 5.91 Å². The maximum Gasteiger partial charge on any atom is 0.338 e. The number of carbonyl (C=O) groups is 2. The molecule has 2 aromatic carbocycles. The van der Waals surface area contributed by atoms with Crippen LogP contribution in [0.2, 0.25) is 0 Å². The molecule has 4 nitrogen and oxygen atoms in total. The summed E-state index contributed by atoms with van der Waals surface area (Å²) >= 11 is 0. The van der Waals surface area contributed by atoms with Crippen LogP contribution in [0.4, 0.5) is 0 Å². The number of aromatic carboxylic acids is 1. The number of carbonyl (C=O) groups excluding carboxylic acids is 1. The Morgan fingerprint density at radius 3 is 2.30 bits per heavy atom. The van der Waals surface area contributed by atoms with Gasteiger partial charge < -0.3 is 5.11 Å². The first-order valence-corrected chi connectivity index (χ1v) is 7.51. The minimum absolute atomic E-state index is 0.180. The van der Waals surface area contributed by atoms with Gasteiger partial charge >= 0.3 is 5.97 Å². The lowest BCUT2D eigenvalue weighted by Crippen LogP contribution is -2.14. The lowest BCUT2D eigenvalue weighted by molar-refractivity contribution is 0.0698. The van der Waals surface area contributed by atoms with E-state index in [-0.39, 0.29) is 11.5 Å². The van der Waals surface area contributed by atoms with Crippen molar-refractivity contribution in [1.29, 1.82) is 0 Å². The van der Waals surface area contributed by atoms with Crippen LogP contribution in [-0.2, 0) is 6.42 Å². The van der Waals surface area contributed by atoms with E-state index in [4.69, 9.17) is 0 Å². The standard InChI is InChI=1S/C19H17NO3/c1-3-13-8-10-14(11-9-13)18(21)20-12(2)17(19(22)23)15-6-4-5-7-16(15)20/h4-11H,3H2,1-2H3,(H,22,23). The fourth-order valence-electron chi connectivity index (χ4n) is 2.91. The Morgan fingerprint density at radius 2 is 1.70 bits per heavy atom. The first-order chi connectivity index (χ1) is 11.0. The molecule has 0 aliphatic carbocycles. The quantitative estimate of drug-likeness (QED) is 0.798. The van der Waals surface area contributed by atoms with E-state index in [1.165, 1.54) is 4.57 Å². The second-order valence-corrected chi connectivity index (χ2v) is 5.47. The number of rotatable bonds is 3. The van der Waals surface area contributed by atoms with Crippen LogP contribution >= 0.6 is 0 Å². The molecule has 3 rings (SSSR count). The number of aryl methyl sites for hydroxylation is 1. The molecule has 0 aliphatic heterocycles. The van der Waals surface area contributed by atoms with Gasteiger partial charge in [-0.1, -0.05) is 37.3 Å². The maximum absolute atomic E-state index is 12.9. The van der Waals surface area contributed by atoms with Gasteiger partial charge in [-0.05, 0) is 37.1 Å². The molecular weight excluding hydrogens is 290 g/mol. The number of aromatic nitrogens is 1. The molecule has 4 heteroatoms. The van der Waals surface area contributed by atoms with E-state index >= 15 is 0 Å². The Labute approximate surface area is 134 Å². The second kappa shape index (κ2) is 5.72. The Morgan fingerprint density at radius 1 is 1.04 bits per heavy atom. The smallest absolute Gasteiger partial charge is 0.338 e. The third-order valence-electron chi connectivity index (χ3n) is 4.14. The summed E-state index contributed by atoms with van der Waals surface area (Å²) in [5.74, 6) is -1.24. The van der Waals surface area contributed by atoms with Gasteiger partial charge in [-0.3, -0.25) is 9.36 Å². The van der Waals surface area contributed by atoms with Crippen LogP contribution in [0, 0.1) is 6.92 Å². The number of benzene rings is 2. The minimum Gasteiger partial charge on any atom is -0.478 e. The summed E-state index contributed by atoms with van der Waals surface area (Å²) in [7, 11) is 0. The van der Waals surface area contributed by atoms with Crippen molar-refractivity contribution < 1.29 is 14.7 Å². The van der Waals surface area contributed by atoms with E-state index in [0.717, 1.165) is 12.0 Å². The van der Waals surface area contributed by atoms with Crippen molar-refractivity contribution in [2.75, 3.05) is 0 Å². The van der Waals surface area contributed by atoms with Crippen molar-refractivity contribution in [1.82, 2.24) is 4.57 Å². The number of para-hydroxylation sites is 1. The van der Waals surface area contributed by atoms with E-state index in [2.05, 4.69) is 6.92 Å². The van der Waals surface area contributed by atoms with Crippen LogP contribution < -0.4 is 0 Å². The summed E-state index contributed by atoms with van der Waals surface area (Å²) in [6, 6.07) is 14.5. The van der Waals surface area contributed by atoms with Gasteiger partial charge in [-0.15, -0.1) is 0 Å². The Hall–Kier alpha value is -2.88. The van der Waals surface area contributed by atoms with E-state index in [1.54, 1.807) is 43.3 Å². The van der Waals surface area contributed by atoms with Crippen LogP contribution in [0.3, 0.4) is 0 Å². The monoisotopic (exact) mass is 307 g/mol. The summed E-state index contributed by atoms with van der Waals surface area (Å²) in [5, 5.41) is 10.1. The summed E-state index contributed by atoms with van der Waals surface area (Å²) in [6.07, 6.45) is 0.906. The van der Waals surface area contributed by atoms with Crippen molar-refractivity contribution >= 4 is 22.8 Å². The summed E-state index contributed by atoms with van der Waals surface area (Å²) in [4.78, 5) is 24.5. The number of hydrogen-bond acceptors (Lipinski definition) is 2. The molecule has 1 aromatic heterocycles. The molecule has 0 atom stereocenters. The molecule has 0 saturated heterocycles. The second-order valence-electron chi connectivity index (χ2n) is 5.47. The van der Waals surface area contributed by atoms with Gasteiger partial charge in [0.15, 0.2) is 0 Å². The van der Waals surface area contributed by atoms with Crippen LogP contribution in [0.15, 0.2) is 48.5 Å². The predicted octanol–water partition coefficient (Wildman–Crippen LogP) is 3.90. The fraction of sp³-hybridized carbons (Fsp3) is 0.158. The summed E-state index contributed by atoms with van der Waals surface area (Å²) in [6.45, 7) is 3.72. The molecule has 0 unspecified atom stereocenters. The number of hydrogen-bond donors (Lipinski definition) is 1. The van der Waals surface area contributed by atoms with Crippen molar-refractivity contribution in [2.45, 2.75) is 20.3 Å². The van der Waals surface area contributed by atoms with Gasteiger partial charge in [-0.25, -0.2) is 4.79 Å². The van der Waals surface area contributed by atoms with E-state index < -0.39 is 5.97 Å². The predicted molar refractivity (Wildman–Crippen MR) is 89.2 cm³/mol. The third kappa shape index (κ3) is 2.42. The fourth-order valence-corrected chi connectivity index (χ4v) is 2.91. The van der Waals surface area contributed by atoms with E-state index in [9.17, 15) is 14.7 Å². The number of carboxylic acids is 1. The molecule has 0 radical (unpaired) electrons. The lowest BCUT2D eigenvalue weighted by Gasteiger charge is -2.08. The third-order valence-corrected chi connectivity index (χ3v) is 4.14. The molecule has 0 bridgehead atoms. The zero-order valence-corrected chi connectivity index (χ0v) is 13.0.